The topological polar surface area (TPSA) is 58.3 Å². The lowest BCUT2D eigenvalue weighted by Gasteiger charge is -2.15. The number of aliphatic hydroxyl groups excluding tert-OH is 1. The Morgan fingerprint density at radius 1 is 1.44 bits per heavy atom. The van der Waals surface area contributed by atoms with Crippen molar-refractivity contribution in [1.29, 1.82) is 0 Å². The zero-order chi connectivity index (χ0) is 12.1. The molecule has 0 spiro atoms. The molecule has 0 aliphatic heterocycles. The fourth-order valence-electron chi connectivity index (χ4n) is 1.65. The maximum atomic E-state index is 9.56. The van der Waals surface area contributed by atoms with E-state index in [1.807, 2.05) is 19.9 Å². The Morgan fingerprint density at radius 2 is 2.12 bits per heavy atom. The number of halogens is 1. The molecule has 16 heavy (non-hydrogen) atoms. The lowest BCUT2D eigenvalue weighted by molar-refractivity contribution is 0.180. The van der Waals surface area contributed by atoms with Crippen LogP contribution in [0.3, 0.4) is 0 Å². The van der Waals surface area contributed by atoms with Crippen LogP contribution in [-0.4, -0.2) is 24.3 Å². The van der Waals surface area contributed by atoms with Crippen molar-refractivity contribution in [1.82, 2.24) is 0 Å². The first-order valence-electron chi connectivity index (χ1n) is 5.43. The summed E-state index contributed by atoms with van der Waals surface area (Å²) >= 11 is 6.13. The lowest BCUT2D eigenvalue weighted by Crippen LogP contribution is -2.23. The molecule has 90 valence electrons. The molecule has 0 aliphatic rings. The Kier molecular flexibility index (Phi) is 5.06. The van der Waals surface area contributed by atoms with Crippen LogP contribution in [0.4, 0.5) is 5.69 Å². The van der Waals surface area contributed by atoms with Crippen molar-refractivity contribution in [2.75, 3.05) is 18.4 Å². The van der Waals surface area contributed by atoms with Gasteiger partial charge in [0, 0.05) is 6.54 Å². The highest BCUT2D eigenvalue weighted by atomic mass is 35.5. The van der Waals surface area contributed by atoms with Crippen LogP contribution in [0.15, 0.2) is 12.1 Å². The van der Waals surface area contributed by atoms with E-state index in [-0.39, 0.29) is 0 Å². The van der Waals surface area contributed by atoms with E-state index < -0.39 is 6.10 Å². The molecule has 1 unspecified atom stereocenters. The fourth-order valence-corrected chi connectivity index (χ4v) is 2.04. The van der Waals surface area contributed by atoms with Gasteiger partial charge in [-0.15, -0.1) is 0 Å². The molecule has 0 saturated carbocycles. The molecule has 3 nitrogen and oxygen atoms in total. The summed E-state index contributed by atoms with van der Waals surface area (Å²) in [5, 5.41) is 13.4. The Labute approximate surface area is 102 Å². The molecule has 1 aromatic rings. The average molecular weight is 243 g/mol. The molecule has 0 fully saturated rings. The Balaban J connectivity index is 2.67. The highest BCUT2D eigenvalue weighted by molar-refractivity contribution is 6.33. The van der Waals surface area contributed by atoms with Gasteiger partial charge < -0.3 is 16.2 Å². The second-order valence-electron chi connectivity index (χ2n) is 4.05. The van der Waals surface area contributed by atoms with Gasteiger partial charge >= 0.3 is 0 Å². The summed E-state index contributed by atoms with van der Waals surface area (Å²) in [5.74, 6) is 0. The highest BCUT2D eigenvalue weighted by Gasteiger charge is 2.07. The van der Waals surface area contributed by atoms with Crippen molar-refractivity contribution in [3.05, 3.63) is 28.3 Å². The van der Waals surface area contributed by atoms with Gasteiger partial charge in [0.05, 0.1) is 16.8 Å². The molecule has 4 N–H and O–H groups in total. The molecule has 1 rings (SSSR count). The van der Waals surface area contributed by atoms with Gasteiger partial charge in [-0.25, -0.2) is 0 Å². The van der Waals surface area contributed by atoms with Gasteiger partial charge in [-0.3, -0.25) is 0 Å². The van der Waals surface area contributed by atoms with Gasteiger partial charge in [0.15, 0.2) is 0 Å². The minimum Gasteiger partial charge on any atom is -0.391 e. The third-order valence-corrected chi connectivity index (χ3v) is 2.74. The zero-order valence-corrected chi connectivity index (χ0v) is 10.5. The average Bonchev–Trinajstić information content (AvgIpc) is 2.16. The molecule has 0 bridgehead atoms. The Bertz CT molecular complexity index is 332. The molecular weight excluding hydrogens is 224 g/mol. The van der Waals surface area contributed by atoms with Gasteiger partial charge in [0.1, 0.15) is 0 Å². The van der Waals surface area contributed by atoms with Crippen molar-refractivity contribution >= 4 is 17.3 Å². The monoisotopic (exact) mass is 242 g/mol. The Morgan fingerprint density at radius 3 is 2.69 bits per heavy atom. The van der Waals surface area contributed by atoms with E-state index in [2.05, 4.69) is 11.4 Å². The largest absolute Gasteiger partial charge is 0.391 e. The second kappa shape index (κ2) is 6.09. The van der Waals surface area contributed by atoms with Crippen LogP contribution in [0.1, 0.15) is 17.5 Å². The molecule has 0 aromatic heterocycles. The first-order valence-corrected chi connectivity index (χ1v) is 5.81. The normalized spacial score (nSPS) is 12.6. The van der Waals surface area contributed by atoms with Crippen molar-refractivity contribution in [3.63, 3.8) is 0 Å². The first kappa shape index (κ1) is 13.3. The number of nitrogens with two attached hydrogens (primary N) is 1. The summed E-state index contributed by atoms with van der Waals surface area (Å²) in [7, 11) is 0. The molecule has 1 aromatic carbocycles. The molecule has 4 heteroatoms. The van der Waals surface area contributed by atoms with Crippen LogP contribution >= 0.6 is 11.6 Å². The van der Waals surface area contributed by atoms with Crippen LogP contribution in [0.2, 0.25) is 5.02 Å². The number of hydrogen-bond donors (Lipinski definition) is 3. The minimum atomic E-state index is -0.429. The van der Waals surface area contributed by atoms with E-state index in [4.69, 9.17) is 17.3 Å². The highest BCUT2D eigenvalue weighted by Crippen LogP contribution is 2.27. The van der Waals surface area contributed by atoms with Crippen molar-refractivity contribution in [3.8, 4) is 0 Å². The van der Waals surface area contributed by atoms with Crippen molar-refractivity contribution in [2.45, 2.75) is 26.4 Å². The molecule has 0 aliphatic carbocycles. The minimum absolute atomic E-state index is 0.429. The molecule has 0 amide bonds. The standard InChI is InChI=1S/C12H19ClN2O/c1-8-5-9(2)12(11(13)6-8)15-7-10(16)3-4-14/h5-6,10,15-16H,3-4,7,14H2,1-2H3. The summed E-state index contributed by atoms with van der Waals surface area (Å²) < 4.78 is 0. The number of benzene rings is 1. The summed E-state index contributed by atoms with van der Waals surface area (Å²) in [5.41, 5.74) is 8.48. The number of nitrogens with one attached hydrogen (secondary N) is 1. The number of anilines is 1. The SMILES string of the molecule is Cc1cc(C)c(NCC(O)CCN)c(Cl)c1. The summed E-state index contributed by atoms with van der Waals surface area (Å²) in [6, 6.07) is 3.97. The number of aliphatic hydroxyl groups is 1. The van der Waals surface area contributed by atoms with Crippen LogP contribution in [0.25, 0.3) is 0 Å². The van der Waals surface area contributed by atoms with Gasteiger partial charge in [0.25, 0.3) is 0 Å². The van der Waals surface area contributed by atoms with Crippen LogP contribution in [0, 0.1) is 13.8 Å². The zero-order valence-electron chi connectivity index (χ0n) is 9.76. The molecule has 0 radical (unpaired) electrons. The van der Waals surface area contributed by atoms with Gasteiger partial charge in [-0.2, -0.15) is 0 Å². The van der Waals surface area contributed by atoms with Crippen LogP contribution in [0.5, 0.6) is 0 Å². The number of hydrogen-bond acceptors (Lipinski definition) is 3. The van der Waals surface area contributed by atoms with E-state index in [0.717, 1.165) is 16.8 Å². The fraction of sp³-hybridized carbons (Fsp3) is 0.500. The third kappa shape index (κ3) is 3.67. The summed E-state index contributed by atoms with van der Waals surface area (Å²) in [6.45, 7) is 4.97. The van der Waals surface area contributed by atoms with E-state index in [0.29, 0.717) is 24.5 Å². The number of aryl methyl sites for hydroxylation is 2. The predicted octanol–water partition coefficient (Wildman–Crippen LogP) is 2.08. The maximum Gasteiger partial charge on any atom is 0.0724 e. The summed E-state index contributed by atoms with van der Waals surface area (Å²) in [6.07, 6.45) is 0.164. The van der Waals surface area contributed by atoms with Gasteiger partial charge in [-0.1, -0.05) is 17.7 Å². The second-order valence-corrected chi connectivity index (χ2v) is 4.46. The summed E-state index contributed by atoms with van der Waals surface area (Å²) in [4.78, 5) is 0. The van der Waals surface area contributed by atoms with E-state index in [1.54, 1.807) is 0 Å². The van der Waals surface area contributed by atoms with Crippen molar-refractivity contribution in [2.24, 2.45) is 5.73 Å². The van der Waals surface area contributed by atoms with Crippen molar-refractivity contribution < 1.29 is 5.11 Å². The third-order valence-electron chi connectivity index (χ3n) is 2.45. The van der Waals surface area contributed by atoms with E-state index in [1.165, 1.54) is 0 Å². The molecule has 1 atom stereocenters. The van der Waals surface area contributed by atoms with E-state index in [9.17, 15) is 5.11 Å². The molecule has 0 saturated heterocycles. The van der Waals surface area contributed by atoms with Gasteiger partial charge in [-0.05, 0) is 44.0 Å². The molecule has 0 heterocycles. The van der Waals surface area contributed by atoms with Gasteiger partial charge in [0.2, 0.25) is 0 Å². The predicted molar refractivity (Wildman–Crippen MR) is 69.1 cm³/mol. The smallest absolute Gasteiger partial charge is 0.0724 e. The van der Waals surface area contributed by atoms with E-state index >= 15 is 0 Å². The molecular formula is C12H19ClN2O. The quantitative estimate of drug-likeness (QED) is 0.741. The Hall–Kier alpha value is -0.770. The lowest BCUT2D eigenvalue weighted by atomic mass is 10.1. The number of rotatable bonds is 5. The first-order chi connectivity index (χ1) is 7.54. The maximum absolute atomic E-state index is 9.56. The van der Waals surface area contributed by atoms with Crippen LogP contribution in [-0.2, 0) is 0 Å². The van der Waals surface area contributed by atoms with Crippen LogP contribution < -0.4 is 11.1 Å².